The highest BCUT2D eigenvalue weighted by Gasteiger charge is 2.47. The standard InChI is InChI=1S/C27H38N2O4/c1-17(2)31-22-8-7-21(15-20(22)6)26(30)29-13-10-27(11-14-29)16-23(32-18(3)4)24-19(5)9-12-28-25(24)33-27/h7-8,12,15,17-19,23H,9-11,13-14,16H2,1-6H3. The Kier molecular flexibility index (Phi) is 6.85. The fraction of sp³-hybridized carbons (Fsp3) is 0.630. The number of nitrogens with zero attached hydrogens (tertiary/aromatic N) is 2. The third-order valence-electron chi connectivity index (χ3n) is 6.85. The van der Waals surface area contributed by atoms with Gasteiger partial charge in [-0.1, -0.05) is 6.92 Å². The van der Waals surface area contributed by atoms with Crippen molar-refractivity contribution in [1.29, 1.82) is 0 Å². The molecule has 2 unspecified atom stereocenters. The Hall–Kier alpha value is -2.34. The zero-order chi connectivity index (χ0) is 23.8. The lowest BCUT2D eigenvalue weighted by Crippen LogP contribution is -2.52. The first-order valence-corrected chi connectivity index (χ1v) is 12.3. The Balaban J connectivity index is 1.46. The third kappa shape index (κ3) is 5.11. The monoisotopic (exact) mass is 454 g/mol. The molecule has 0 saturated carbocycles. The Labute approximate surface area is 198 Å². The van der Waals surface area contributed by atoms with Crippen LogP contribution in [-0.4, -0.2) is 54.0 Å². The van der Waals surface area contributed by atoms with Crippen LogP contribution >= 0.6 is 0 Å². The summed E-state index contributed by atoms with van der Waals surface area (Å²) >= 11 is 0. The Morgan fingerprint density at radius 3 is 2.55 bits per heavy atom. The average Bonchev–Trinajstić information content (AvgIpc) is 2.74. The van der Waals surface area contributed by atoms with E-state index in [9.17, 15) is 4.79 Å². The summed E-state index contributed by atoms with van der Waals surface area (Å²) < 4.78 is 18.7. The lowest BCUT2D eigenvalue weighted by Gasteiger charge is -2.48. The first-order valence-electron chi connectivity index (χ1n) is 12.3. The van der Waals surface area contributed by atoms with E-state index >= 15 is 0 Å². The second-order valence-corrected chi connectivity index (χ2v) is 10.3. The molecule has 3 aliphatic rings. The minimum absolute atomic E-state index is 0.0274. The summed E-state index contributed by atoms with van der Waals surface area (Å²) in [6, 6.07) is 5.71. The molecular formula is C27H38N2O4. The summed E-state index contributed by atoms with van der Waals surface area (Å²) in [5.74, 6) is 2.03. The van der Waals surface area contributed by atoms with Crippen molar-refractivity contribution < 1.29 is 19.0 Å². The summed E-state index contributed by atoms with van der Waals surface area (Å²) in [7, 11) is 0. The van der Waals surface area contributed by atoms with Gasteiger partial charge in [-0.25, -0.2) is 4.99 Å². The summed E-state index contributed by atoms with van der Waals surface area (Å²) in [4.78, 5) is 19.8. The van der Waals surface area contributed by atoms with Gasteiger partial charge in [0.05, 0.1) is 18.3 Å². The molecule has 1 amide bonds. The van der Waals surface area contributed by atoms with E-state index in [4.69, 9.17) is 14.2 Å². The molecule has 1 aromatic rings. The fourth-order valence-electron chi connectivity index (χ4n) is 5.17. The molecule has 4 rings (SSSR count). The maximum Gasteiger partial charge on any atom is 0.253 e. The molecule has 0 bridgehead atoms. The number of hydrogen-bond donors (Lipinski definition) is 0. The molecule has 2 atom stereocenters. The van der Waals surface area contributed by atoms with Crippen LogP contribution in [0.15, 0.2) is 34.6 Å². The Morgan fingerprint density at radius 2 is 1.91 bits per heavy atom. The SMILES string of the molecule is Cc1cc(C(=O)N2CCC3(CC2)CC(OC(C)C)C2=C(N=CCC2C)O3)ccc1OC(C)C. The number of aryl methyl sites for hydroxylation is 1. The van der Waals surface area contributed by atoms with Gasteiger partial charge in [0.1, 0.15) is 11.4 Å². The molecule has 3 aliphatic heterocycles. The molecule has 6 heteroatoms. The lowest BCUT2D eigenvalue weighted by molar-refractivity contribution is -0.110. The molecule has 180 valence electrons. The van der Waals surface area contributed by atoms with Gasteiger partial charge in [0.2, 0.25) is 5.88 Å². The van der Waals surface area contributed by atoms with Gasteiger partial charge in [-0.05, 0) is 70.7 Å². The number of ether oxygens (including phenoxy) is 3. The fourth-order valence-corrected chi connectivity index (χ4v) is 5.17. The lowest BCUT2D eigenvalue weighted by atomic mass is 9.78. The van der Waals surface area contributed by atoms with Crippen molar-refractivity contribution in [2.75, 3.05) is 13.1 Å². The number of aliphatic imine (C=N–C) groups is 1. The third-order valence-corrected chi connectivity index (χ3v) is 6.85. The van der Waals surface area contributed by atoms with Crippen molar-refractivity contribution in [3.63, 3.8) is 0 Å². The molecule has 1 saturated heterocycles. The number of hydrogen-bond acceptors (Lipinski definition) is 5. The number of piperidine rings is 1. The maximum atomic E-state index is 13.2. The highest BCUT2D eigenvalue weighted by Crippen LogP contribution is 2.44. The summed E-state index contributed by atoms with van der Waals surface area (Å²) in [5.41, 5.74) is 2.57. The smallest absolute Gasteiger partial charge is 0.253 e. The van der Waals surface area contributed by atoms with Crippen molar-refractivity contribution in [3.05, 3.63) is 40.8 Å². The van der Waals surface area contributed by atoms with E-state index in [0.717, 1.165) is 42.9 Å². The zero-order valence-electron chi connectivity index (χ0n) is 20.9. The van der Waals surface area contributed by atoms with E-state index in [-0.39, 0.29) is 29.8 Å². The van der Waals surface area contributed by atoms with Crippen LogP contribution in [0.1, 0.15) is 76.2 Å². The molecule has 6 nitrogen and oxygen atoms in total. The minimum atomic E-state index is -0.325. The average molecular weight is 455 g/mol. The normalized spacial score (nSPS) is 24.3. The number of rotatable bonds is 5. The highest BCUT2D eigenvalue weighted by molar-refractivity contribution is 5.94. The van der Waals surface area contributed by atoms with Crippen LogP contribution in [0.3, 0.4) is 0 Å². The molecule has 1 aromatic carbocycles. The molecule has 1 fully saturated rings. The van der Waals surface area contributed by atoms with Gasteiger partial charge in [0.15, 0.2) is 0 Å². The summed E-state index contributed by atoms with van der Waals surface area (Å²) in [5, 5.41) is 0. The van der Waals surface area contributed by atoms with Gasteiger partial charge >= 0.3 is 0 Å². The van der Waals surface area contributed by atoms with Gasteiger partial charge in [0.25, 0.3) is 5.91 Å². The van der Waals surface area contributed by atoms with Gasteiger partial charge in [-0.15, -0.1) is 0 Å². The van der Waals surface area contributed by atoms with Crippen LogP contribution in [0.4, 0.5) is 0 Å². The second-order valence-electron chi connectivity index (χ2n) is 10.3. The first-order chi connectivity index (χ1) is 15.7. The molecule has 0 radical (unpaired) electrons. The van der Waals surface area contributed by atoms with Gasteiger partial charge in [-0.2, -0.15) is 0 Å². The predicted molar refractivity (Wildman–Crippen MR) is 130 cm³/mol. The van der Waals surface area contributed by atoms with E-state index in [1.165, 1.54) is 5.57 Å². The van der Waals surface area contributed by atoms with Crippen LogP contribution in [0.2, 0.25) is 0 Å². The van der Waals surface area contributed by atoms with Crippen molar-refractivity contribution in [2.45, 2.75) is 91.1 Å². The van der Waals surface area contributed by atoms with E-state index in [2.05, 4.69) is 25.8 Å². The minimum Gasteiger partial charge on any atom is -0.491 e. The Bertz CT molecular complexity index is 941. The van der Waals surface area contributed by atoms with Gasteiger partial charge < -0.3 is 19.1 Å². The van der Waals surface area contributed by atoms with E-state index in [1.54, 1.807) is 0 Å². The molecule has 1 spiro atoms. The first kappa shape index (κ1) is 23.8. The zero-order valence-corrected chi connectivity index (χ0v) is 20.9. The van der Waals surface area contributed by atoms with Crippen molar-refractivity contribution in [3.8, 4) is 5.75 Å². The van der Waals surface area contributed by atoms with Crippen molar-refractivity contribution in [1.82, 2.24) is 4.90 Å². The number of benzene rings is 1. The molecular weight excluding hydrogens is 416 g/mol. The summed E-state index contributed by atoms with van der Waals surface area (Å²) in [6.07, 6.45) is 5.55. The van der Waals surface area contributed by atoms with Crippen LogP contribution in [0.25, 0.3) is 0 Å². The van der Waals surface area contributed by atoms with Gasteiger partial charge in [-0.3, -0.25) is 4.79 Å². The Morgan fingerprint density at radius 1 is 1.18 bits per heavy atom. The number of carbonyl (C=O) groups excluding carboxylic acids is 1. The van der Waals surface area contributed by atoms with Crippen molar-refractivity contribution in [2.24, 2.45) is 10.9 Å². The van der Waals surface area contributed by atoms with Crippen LogP contribution in [-0.2, 0) is 9.47 Å². The predicted octanol–water partition coefficient (Wildman–Crippen LogP) is 5.29. The van der Waals surface area contributed by atoms with E-state index in [1.807, 2.05) is 50.1 Å². The number of likely N-dealkylation sites (tertiary alicyclic amines) is 1. The maximum absolute atomic E-state index is 13.2. The van der Waals surface area contributed by atoms with Gasteiger partial charge in [0, 0.05) is 49.7 Å². The number of amides is 1. The van der Waals surface area contributed by atoms with Crippen LogP contribution in [0, 0.1) is 12.8 Å². The van der Waals surface area contributed by atoms with E-state index in [0.29, 0.717) is 24.6 Å². The van der Waals surface area contributed by atoms with Crippen LogP contribution < -0.4 is 4.74 Å². The molecule has 3 heterocycles. The summed E-state index contributed by atoms with van der Waals surface area (Å²) in [6.45, 7) is 13.7. The molecule has 0 aliphatic carbocycles. The highest BCUT2D eigenvalue weighted by atomic mass is 16.5. The number of carbonyl (C=O) groups is 1. The van der Waals surface area contributed by atoms with Crippen LogP contribution in [0.5, 0.6) is 5.75 Å². The van der Waals surface area contributed by atoms with Crippen molar-refractivity contribution >= 4 is 12.1 Å². The molecule has 33 heavy (non-hydrogen) atoms. The van der Waals surface area contributed by atoms with E-state index < -0.39 is 0 Å². The topological polar surface area (TPSA) is 60.4 Å². The largest absolute Gasteiger partial charge is 0.491 e. The molecule has 0 aromatic heterocycles. The molecule has 0 N–H and O–H groups in total. The quantitative estimate of drug-likeness (QED) is 0.606. The second kappa shape index (κ2) is 9.49.